The minimum atomic E-state index is -2.96. The van der Waals surface area contributed by atoms with Crippen LogP contribution in [0, 0.1) is 5.92 Å². The van der Waals surface area contributed by atoms with E-state index in [1.54, 1.807) is 34.6 Å². The van der Waals surface area contributed by atoms with Gasteiger partial charge < -0.3 is 19.1 Å². The zero-order chi connectivity index (χ0) is 24.2. The Labute approximate surface area is 190 Å². The third-order valence-electron chi connectivity index (χ3n) is 6.15. The van der Waals surface area contributed by atoms with Crippen molar-refractivity contribution in [2.45, 2.75) is 102 Å². The number of carbonyl (C=O) groups excluding carboxylic acids is 2. The smallest absolute Gasteiger partial charge is 0.410 e. The van der Waals surface area contributed by atoms with E-state index < -0.39 is 35.6 Å². The molecule has 1 atom stereocenters. The zero-order valence-electron chi connectivity index (χ0n) is 20.3. The molecule has 32 heavy (non-hydrogen) atoms. The number of ether oxygens (including phenoxy) is 3. The van der Waals surface area contributed by atoms with Crippen molar-refractivity contribution in [3.05, 3.63) is 0 Å². The summed E-state index contributed by atoms with van der Waals surface area (Å²) in [5, 5.41) is 3.34. The van der Waals surface area contributed by atoms with Gasteiger partial charge in [-0.25, -0.2) is 13.6 Å². The van der Waals surface area contributed by atoms with Gasteiger partial charge in [0.1, 0.15) is 11.1 Å². The lowest BCUT2D eigenvalue weighted by molar-refractivity contribution is -0.147. The molecule has 0 aromatic rings. The molecule has 7 nitrogen and oxygen atoms in total. The number of esters is 1. The van der Waals surface area contributed by atoms with E-state index in [2.05, 4.69) is 5.32 Å². The molecule has 1 saturated carbocycles. The van der Waals surface area contributed by atoms with Crippen molar-refractivity contribution < 1.29 is 32.6 Å². The number of halogens is 2. The highest BCUT2D eigenvalue weighted by atomic mass is 19.3. The van der Waals surface area contributed by atoms with Crippen molar-refractivity contribution in [1.29, 1.82) is 0 Å². The third-order valence-corrected chi connectivity index (χ3v) is 6.15. The van der Waals surface area contributed by atoms with Gasteiger partial charge in [-0.15, -0.1) is 0 Å². The van der Waals surface area contributed by atoms with Gasteiger partial charge in [-0.05, 0) is 73.1 Å². The second-order valence-corrected chi connectivity index (χ2v) is 10.5. The zero-order valence-corrected chi connectivity index (χ0v) is 20.3. The predicted octanol–water partition coefficient (Wildman–Crippen LogP) is 4.14. The van der Waals surface area contributed by atoms with Gasteiger partial charge in [0.2, 0.25) is 0 Å². The Hall–Kier alpha value is -1.48. The van der Waals surface area contributed by atoms with Gasteiger partial charge in [0.05, 0.1) is 19.8 Å². The SMILES string of the molecule is COC(=O)C(C)(C)N[C@H]1CC[C@H](OCCC2CCN(C(=O)OC(C)(C)C)CC2(F)F)CC1. The summed E-state index contributed by atoms with van der Waals surface area (Å²) in [5.74, 6) is -4.06. The number of nitrogens with one attached hydrogen (secondary N) is 1. The maximum atomic E-state index is 14.6. The number of piperidine rings is 1. The first-order chi connectivity index (χ1) is 14.7. The normalized spacial score (nSPS) is 26.5. The molecule has 1 aliphatic carbocycles. The molecule has 0 spiro atoms. The molecular weight excluding hydrogens is 422 g/mol. The molecule has 1 amide bonds. The van der Waals surface area contributed by atoms with Crippen molar-refractivity contribution in [1.82, 2.24) is 10.2 Å². The van der Waals surface area contributed by atoms with E-state index in [4.69, 9.17) is 14.2 Å². The monoisotopic (exact) mass is 462 g/mol. The Morgan fingerprint density at radius 1 is 1.06 bits per heavy atom. The molecule has 2 aliphatic rings. The number of nitrogens with zero attached hydrogens (tertiary/aromatic N) is 1. The second kappa shape index (κ2) is 10.6. The van der Waals surface area contributed by atoms with Crippen LogP contribution in [0.4, 0.5) is 13.6 Å². The molecule has 0 radical (unpaired) electrons. The van der Waals surface area contributed by atoms with Gasteiger partial charge >= 0.3 is 12.1 Å². The van der Waals surface area contributed by atoms with E-state index in [1.165, 1.54) is 7.11 Å². The minimum Gasteiger partial charge on any atom is -0.468 e. The van der Waals surface area contributed by atoms with Gasteiger partial charge in [-0.3, -0.25) is 10.1 Å². The van der Waals surface area contributed by atoms with E-state index in [0.29, 0.717) is 0 Å². The summed E-state index contributed by atoms with van der Waals surface area (Å²) in [4.78, 5) is 25.1. The van der Waals surface area contributed by atoms with Crippen LogP contribution in [0.2, 0.25) is 0 Å². The molecule has 9 heteroatoms. The van der Waals surface area contributed by atoms with E-state index in [-0.39, 0.29) is 44.1 Å². The summed E-state index contributed by atoms with van der Waals surface area (Å²) in [5.41, 5.74) is -1.45. The largest absolute Gasteiger partial charge is 0.468 e. The van der Waals surface area contributed by atoms with Gasteiger partial charge in [0, 0.05) is 25.1 Å². The highest BCUT2D eigenvalue weighted by Gasteiger charge is 2.46. The summed E-state index contributed by atoms with van der Waals surface area (Å²) in [6.07, 6.45) is 3.21. The highest BCUT2D eigenvalue weighted by Crippen LogP contribution is 2.36. The average Bonchev–Trinajstić information content (AvgIpc) is 2.67. The van der Waals surface area contributed by atoms with Crippen LogP contribution < -0.4 is 5.32 Å². The Kier molecular flexibility index (Phi) is 8.90. The molecule has 0 bridgehead atoms. The molecule has 1 N–H and O–H groups in total. The molecule has 2 fully saturated rings. The molecule has 0 aromatic carbocycles. The molecule has 1 heterocycles. The molecular formula is C23H40F2N2O5. The Morgan fingerprint density at radius 2 is 1.69 bits per heavy atom. The molecule has 1 saturated heterocycles. The first kappa shape index (κ1) is 26.8. The third kappa shape index (κ3) is 7.83. The van der Waals surface area contributed by atoms with Crippen LogP contribution in [0.3, 0.4) is 0 Å². The van der Waals surface area contributed by atoms with Gasteiger partial charge in [0.25, 0.3) is 5.92 Å². The van der Waals surface area contributed by atoms with Crippen molar-refractivity contribution >= 4 is 12.1 Å². The number of hydrogen-bond donors (Lipinski definition) is 1. The summed E-state index contributed by atoms with van der Waals surface area (Å²) in [7, 11) is 1.38. The number of methoxy groups -OCH3 is 1. The fraction of sp³-hybridized carbons (Fsp3) is 0.913. The Bertz CT molecular complexity index is 643. The number of alkyl halides is 2. The van der Waals surface area contributed by atoms with Crippen LogP contribution in [-0.2, 0) is 19.0 Å². The van der Waals surface area contributed by atoms with Crippen LogP contribution >= 0.6 is 0 Å². The number of amides is 1. The summed E-state index contributed by atoms with van der Waals surface area (Å²) in [6.45, 7) is 8.69. The van der Waals surface area contributed by atoms with E-state index in [1.807, 2.05) is 0 Å². The van der Waals surface area contributed by atoms with Gasteiger partial charge in [-0.1, -0.05) is 0 Å². The van der Waals surface area contributed by atoms with Gasteiger partial charge in [-0.2, -0.15) is 0 Å². The Balaban J connectivity index is 1.71. The van der Waals surface area contributed by atoms with Crippen molar-refractivity contribution in [2.24, 2.45) is 5.92 Å². The lowest BCUT2D eigenvalue weighted by atomic mass is 9.89. The Morgan fingerprint density at radius 3 is 2.22 bits per heavy atom. The van der Waals surface area contributed by atoms with E-state index in [9.17, 15) is 18.4 Å². The summed E-state index contributed by atoms with van der Waals surface area (Å²) in [6, 6.07) is 0.200. The van der Waals surface area contributed by atoms with Crippen molar-refractivity contribution in [2.75, 3.05) is 26.8 Å². The highest BCUT2D eigenvalue weighted by molar-refractivity contribution is 5.79. The maximum absolute atomic E-state index is 14.6. The predicted molar refractivity (Wildman–Crippen MR) is 117 cm³/mol. The number of likely N-dealkylation sites (tertiary alicyclic amines) is 1. The number of carbonyl (C=O) groups is 2. The van der Waals surface area contributed by atoms with Crippen LogP contribution in [0.25, 0.3) is 0 Å². The molecule has 2 rings (SSSR count). The molecule has 186 valence electrons. The quantitative estimate of drug-likeness (QED) is 0.573. The van der Waals surface area contributed by atoms with Crippen LogP contribution in [-0.4, -0.2) is 73.0 Å². The fourth-order valence-electron chi connectivity index (χ4n) is 4.40. The van der Waals surface area contributed by atoms with Crippen molar-refractivity contribution in [3.63, 3.8) is 0 Å². The van der Waals surface area contributed by atoms with Gasteiger partial charge in [0.15, 0.2) is 0 Å². The lowest BCUT2D eigenvalue weighted by Crippen LogP contribution is -2.53. The first-order valence-electron chi connectivity index (χ1n) is 11.6. The minimum absolute atomic E-state index is 0.0461. The van der Waals surface area contributed by atoms with E-state index >= 15 is 0 Å². The first-order valence-corrected chi connectivity index (χ1v) is 11.6. The number of rotatable bonds is 7. The molecule has 0 aromatic heterocycles. The lowest BCUT2D eigenvalue weighted by Gasteiger charge is -2.39. The number of hydrogen-bond acceptors (Lipinski definition) is 6. The maximum Gasteiger partial charge on any atom is 0.410 e. The van der Waals surface area contributed by atoms with Crippen LogP contribution in [0.15, 0.2) is 0 Å². The summed E-state index contributed by atoms with van der Waals surface area (Å²) < 4.78 is 45.2. The summed E-state index contributed by atoms with van der Waals surface area (Å²) >= 11 is 0. The van der Waals surface area contributed by atoms with E-state index in [0.717, 1.165) is 30.6 Å². The van der Waals surface area contributed by atoms with Crippen LogP contribution in [0.5, 0.6) is 0 Å². The molecule has 1 aliphatic heterocycles. The fourth-order valence-corrected chi connectivity index (χ4v) is 4.40. The van der Waals surface area contributed by atoms with Crippen LogP contribution in [0.1, 0.15) is 73.1 Å². The van der Waals surface area contributed by atoms with Crippen molar-refractivity contribution in [3.8, 4) is 0 Å². The second-order valence-electron chi connectivity index (χ2n) is 10.5. The topological polar surface area (TPSA) is 77.1 Å². The standard InChI is InChI=1S/C23H40F2N2O5/c1-21(2,3)32-20(29)27-13-11-16(23(24,25)15-27)12-14-31-18-9-7-17(8-10-18)26-22(4,5)19(28)30-6/h16-18,26H,7-15H2,1-6H3/t16?,17-,18-. The average molecular weight is 463 g/mol. The molecule has 1 unspecified atom stereocenters.